The second kappa shape index (κ2) is 6.41. The number of hydrogen-bond acceptors (Lipinski definition) is 4. The van der Waals surface area contributed by atoms with Crippen molar-refractivity contribution >= 4 is 17.3 Å². The second-order valence-electron chi connectivity index (χ2n) is 6.86. The first-order valence-electron chi connectivity index (χ1n) is 8.73. The van der Waals surface area contributed by atoms with E-state index in [1.807, 2.05) is 42.5 Å². The van der Waals surface area contributed by atoms with Gasteiger partial charge in [-0.15, -0.1) is 0 Å². The fourth-order valence-corrected chi connectivity index (χ4v) is 3.71. The van der Waals surface area contributed by atoms with Crippen molar-refractivity contribution in [3.05, 3.63) is 54.1 Å². The number of amides is 1. The molecule has 4 rings (SSSR count). The molecule has 0 bridgehead atoms. The van der Waals surface area contributed by atoms with Gasteiger partial charge in [0.2, 0.25) is 5.91 Å². The van der Waals surface area contributed by atoms with Crippen LogP contribution in [-0.2, 0) is 4.79 Å². The first-order valence-corrected chi connectivity index (χ1v) is 8.73. The van der Waals surface area contributed by atoms with E-state index in [9.17, 15) is 4.79 Å². The van der Waals surface area contributed by atoms with Crippen molar-refractivity contribution in [1.82, 2.24) is 0 Å². The Balaban J connectivity index is 1.57. The highest BCUT2D eigenvalue weighted by Crippen LogP contribution is 2.49. The van der Waals surface area contributed by atoms with Gasteiger partial charge in [-0.25, -0.2) is 0 Å². The summed E-state index contributed by atoms with van der Waals surface area (Å²) in [6.07, 6.45) is 4.37. The molecule has 0 radical (unpaired) electrons. The number of para-hydroxylation sites is 1. The van der Waals surface area contributed by atoms with Crippen molar-refractivity contribution in [2.45, 2.75) is 37.3 Å². The quantitative estimate of drug-likeness (QED) is 0.798. The number of benzene rings is 2. The summed E-state index contributed by atoms with van der Waals surface area (Å²) < 4.78 is 6.29. The van der Waals surface area contributed by atoms with E-state index < -0.39 is 12.5 Å². The van der Waals surface area contributed by atoms with Gasteiger partial charge in [0.15, 0.2) is 0 Å². The third kappa shape index (κ3) is 3.20. The average Bonchev–Trinajstić information content (AvgIpc) is 2.60. The zero-order chi connectivity index (χ0) is 17.3. The Morgan fingerprint density at radius 2 is 1.96 bits per heavy atom. The summed E-state index contributed by atoms with van der Waals surface area (Å²) in [6, 6.07) is 15.9. The van der Waals surface area contributed by atoms with Gasteiger partial charge in [-0.1, -0.05) is 24.3 Å². The van der Waals surface area contributed by atoms with Crippen molar-refractivity contribution in [3.8, 4) is 5.75 Å². The van der Waals surface area contributed by atoms with Crippen LogP contribution in [0.4, 0.5) is 11.4 Å². The van der Waals surface area contributed by atoms with Crippen LogP contribution in [0.3, 0.4) is 0 Å². The highest BCUT2D eigenvalue weighted by atomic mass is 16.5. The predicted octanol–water partition coefficient (Wildman–Crippen LogP) is 3.48. The highest BCUT2D eigenvalue weighted by Gasteiger charge is 2.45. The molecule has 1 amide bonds. The molecule has 2 aromatic rings. The standard InChI is InChI=1S/C20H22N2O3/c23-13-19(24)22-15-6-3-5-14(11-15)21-17-12-20(9-4-10-20)25-18-8-2-1-7-16(17)18/h1-3,5-8,11,17,21,23H,4,9-10,12-13H2,(H,22,24). The Hall–Kier alpha value is -2.53. The molecule has 1 heterocycles. The molecular formula is C20H22N2O3. The van der Waals surface area contributed by atoms with Gasteiger partial charge in [-0.2, -0.15) is 0 Å². The molecular weight excluding hydrogens is 316 g/mol. The molecule has 3 N–H and O–H groups in total. The molecule has 1 saturated carbocycles. The zero-order valence-electron chi connectivity index (χ0n) is 14.0. The summed E-state index contributed by atoms with van der Waals surface area (Å²) in [7, 11) is 0. The molecule has 130 valence electrons. The van der Waals surface area contributed by atoms with Crippen molar-refractivity contribution in [2.24, 2.45) is 0 Å². The van der Waals surface area contributed by atoms with Crippen LogP contribution in [0.5, 0.6) is 5.75 Å². The predicted molar refractivity (Wildman–Crippen MR) is 96.8 cm³/mol. The summed E-state index contributed by atoms with van der Waals surface area (Å²) in [6.45, 7) is -0.520. The average molecular weight is 338 g/mol. The molecule has 2 aliphatic rings. The molecule has 1 unspecified atom stereocenters. The van der Waals surface area contributed by atoms with Gasteiger partial charge in [-0.3, -0.25) is 4.79 Å². The summed E-state index contributed by atoms with van der Waals surface area (Å²) in [5.74, 6) is 0.553. The van der Waals surface area contributed by atoms with Crippen molar-refractivity contribution in [3.63, 3.8) is 0 Å². The maximum atomic E-state index is 11.4. The summed E-state index contributed by atoms with van der Waals surface area (Å²) in [5.41, 5.74) is 2.74. The molecule has 25 heavy (non-hydrogen) atoms. The minimum absolute atomic E-state index is 0.0330. The van der Waals surface area contributed by atoms with E-state index in [1.54, 1.807) is 0 Å². The lowest BCUT2D eigenvalue weighted by molar-refractivity contribution is -0.118. The number of anilines is 2. The number of fused-ring (bicyclic) bond motifs is 1. The number of ether oxygens (including phenoxy) is 1. The van der Waals surface area contributed by atoms with Crippen molar-refractivity contribution in [1.29, 1.82) is 0 Å². The normalized spacial score (nSPS) is 20.1. The van der Waals surface area contributed by atoms with Crippen molar-refractivity contribution in [2.75, 3.05) is 17.2 Å². The van der Waals surface area contributed by atoms with Gasteiger partial charge >= 0.3 is 0 Å². The van der Waals surface area contributed by atoms with E-state index in [-0.39, 0.29) is 11.6 Å². The maximum Gasteiger partial charge on any atom is 0.250 e. The smallest absolute Gasteiger partial charge is 0.250 e. The molecule has 5 nitrogen and oxygen atoms in total. The van der Waals surface area contributed by atoms with E-state index in [0.29, 0.717) is 5.69 Å². The minimum Gasteiger partial charge on any atom is -0.487 e. The Bertz CT molecular complexity index is 786. The Kier molecular flexibility index (Phi) is 4.09. The molecule has 1 atom stereocenters. The van der Waals surface area contributed by atoms with Crippen LogP contribution in [0.15, 0.2) is 48.5 Å². The third-order valence-electron chi connectivity index (χ3n) is 5.09. The Morgan fingerprint density at radius 1 is 1.16 bits per heavy atom. The lowest BCUT2D eigenvalue weighted by Gasteiger charge is -2.48. The number of nitrogens with one attached hydrogen (secondary N) is 2. The van der Waals surface area contributed by atoms with Crippen LogP contribution >= 0.6 is 0 Å². The number of rotatable bonds is 4. The first kappa shape index (κ1) is 16.0. The summed E-state index contributed by atoms with van der Waals surface area (Å²) in [5, 5.41) is 15.2. The van der Waals surface area contributed by atoms with Gasteiger partial charge in [-0.05, 0) is 43.5 Å². The van der Waals surface area contributed by atoms with Gasteiger partial charge in [0.25, 0.3) is 0 Å². The second-order valence-corrected chi connectivity index (χ2v) is 6.86. The minimum atomic E-state index is -0.520. The first-order chi connectivity index (χ1) is 12.2. The topological polar surface area (TPSA) is 70.6 Å². The molecule has 1 spiro atoms. The zero-order valence-corrected chi connectivity index (χ0v) is 14.0. The van der Waals surface area contributed by atoms with Crippen LogP contribution in [0.25, 0.3) is 0 Å². The van der Waals surface area contributed by atoms with E-state index in [4.69, 9.17) is 9.84 Å². The van der Waals surface area contributed by atoms with Crippen LogP contribution in [0, 0.1) is 0 Å². The molecule has 1 aliphatic heterocycles. The van der Waals surface area contributed by atoms with Gasteiger partial charge in [0.05, 0.1) is 6.04 Å². The monoisotopic (exact) mass is 338 g/mol. The molecule has 0 saturated heterocycles. The molecule has 1 aliphatic carbocycles. The summed E-state index contributed by atoms with van der Waals surface area (Å²) >= 11 is 0. The maximum absolute atomic E-state index is 11.4. The molecule has 2 aromatic carbocycles. The lowest BCUT2D eigenvalue weighted by atomic mass is 9.73. The highest BCUT2D eigenvalue weighted by molar-refractivity contribution is 5.92. The largest absolute Gasteiger partial charge is 0.487 e. The van der Waals surface area contributed by atoms with Gasteiger partial charge in [0.1, 0.15) is 18.0 Å². The number of hydrogen-bond donors (Lipinski definition) is 3. The number of carbonyl (C=O) groups excluding carboxylic acids is 1. The van der Waals surface area contributed by atoms with Crippen LogP contribution in [-0.4, -0.2) is 23.2 Å². The number of aliphatic hydroxyl groups excluding tert-OH is 1. The van der Waals surface area contributed by atoms with Crippen LogP contribution in [0.2, 0.25) is 0 Å². The van der Waals surface area contributed by atoms with E-state index in [1.165, 1.54) is 12.0 Å². The fourth-order valence-electron chi connectivity index (χ4n) is 3.71. The molecule has 5 heteroatoms. The SMILES string of the molecule is O=C(CO)Nc1cccc(NC2CC3(CCC3)Oc3ccccc32)c1. The molecule has 0 aromatic heterocycles. The third-order valence-corrected chi connectivity index (χ3v) is 5.09. The Morgan fingerprint density at radius 3 is 2.72 bits per heavy atom. The van der Waals surface area contributed by atoms with Crippen LogP contribution in [0.1, 0.15) is 37.3 Å². The lowest BCUT2D eigenvalue weighted by Crippen LogP contribution is -2.48. The van der Waals surface area contributed by atoms with Gasteiger partial charge in [0, 0.05) is 23.4 Å². The fraction of sp³-hybridized carbons (Fsp3) is 0.350. The molecule has 1 fully saturated rings. The van der Waals surface area contributed by atoms with E-state index >= 15 is 0 Å². The number of carbonyl (C=O) groups is 1. The van der Waals surface area contributed by atoms with Crippen LogP contribution < -0.4 is 15.4 Å². The Labute approximate surface area is 147 Å². The van der Waals surface area contributed by atoms with Crippen molar-refractivity contribution < 1.29 is 14.6 Å². The van der Waals surface area contributed by atoms with E-state index in [2.05, 4.69) is 16.7 Å². The summed E-state index contributed by atoms with van der Waals surface area (Å²) in [4.78, 5) is 11.4. The van der Waals surface area contributed by atoms with E-state index in [0.717, 1.165) is 30.7 Å². The van der Waals surface area contributed by atoms with Gasteiger partial charge < -0.3 is 20.5 Å². The number of aliphatic hydroxyl groups is 1.